The number of halogens is 3. The molecule has 1 atom stereocenters. The molecule has 0 aliphatic carbocycles. The fourth-order valence-corrected chi connectivity index (χ4v) is 4.10. The molecule has 1 unspecified atom stereocenters. The molecule has 0 spiro atoms. The molecular formula is C21H18F3N5O5S. The monoisotopic (exact) mass is 509 g/mol. The predicted molar refractivity (Wildman–Crippen MR) is 114 cm³/mol. The van der Waals surface area contributed by atoms with Crippen LogP contribution in [0.5, 0.6) is 11.5 Å². The number of hydrogen-bond donors (Lipinski definition) is 0. The zero-order valence-electron chi connectivity index (χ0n) is 18.0. The molecule has 1 aliphatic rings. The van der Waals surface area contributed by atoms with Gasteiger partial charge in [0.25, 0.3) is 0 Å². The molecular weight excluding hydrogens is 491 g/mol. The number of benzene rings is 1. The van der Waals surface area contributed by atoms with E-state index in [9.17, 15) is 22.8 Å². The van der Waals surface area contributed by atoms with Crippen molar-refractivity contribution < 1.29 is 37.0 Å². The van der Waals surface area contributed by atoms with E-state index < -0.39 is 30.5 Å². The first kappa shape index (κ1) is 24.4. The Labute approximate surface area is 200 Å². The molecule has 2 aromatic heterocycles. The summed E-state index contributed by atoms with van der Waals surface area (Å²) < 4.78 is 53.5. The number of carbonyl (C=O) groups is 2. The molecule has 0 bridgehead atoms. The van der Waals surface area contributed by atoms with Crippen LogP contribution in [0.2, 0.25) is 0 Å². The van der Waals surface area contributed by atoms with Gasteiger partial charge in [-0.15, -0.1) is 5.10 Å². The molecule has 14 heteroatoms. The number of ether oxygens (including phenoxy) is 3. The summed E-state index contributed by atoms with van der Waals surface area (Å²) in [6.07, 6.45) is -2.22. The van der Waals surface area contributed by atoms with E-state index in [-0.39, 0.29) is 13.2 Å². The van der Waals surface area contributed by atoms with Crippen LogP contribution in [0, 0.1) is 0 Å². The summed E-state index contributed by atoms with van der Waals surface area (Å²) in [6, 6.07) is 8.77. The Morgan fingerprint density at radius 1 is 1.20 bits per heavy atom. The Kier molecular flexibility index (Phi) is 7.48. The average molecular weight is 509 g/mol. The maximum absolute atomic E-state index is 12.2. The van der Waals surface area contributed by atoms with Crippen molar-refractivity contribution in [2.75, 3.05) is 13.2 Å². The van der Waals surface area contributed by atoms with Crippen molar-refractivity contribution in [1.82, 2.24) is 25.2 Å². The molecule has 4 rings (SSSR count). The number of thioether (sulfide) groups is 1. The van der Waals surface area contributed by atoms with Gasteiger partial charge in [-0.1, -0.05) is 17.8 Å². The van der Waals surface area contributed by atoms with Gasteiger partial charge in [0.2, 0.25) is 5.16 Å². The van der Waals surface area contributed by atoms with E-state index in [1.807, 2.05) is 12.1 Å². The van der Waals surface area contributed by atoms with Gasteiger partial charge in [0.1, 0.15) is 18.1 Å². The number of hydrogen-bond acceptors (Lipinski definition) is 10. The molecule has 0 saturated carbocycles. The molecule has 1 aromatic carbocycles. The SMILES string of the molecule is O=C(CC1COc2cc(OCCn3nnnc3SCc3ccncc3)ccc21)OC(=O)C(F)(F)F. The van der Waals surface area contributed by atoms with Crippen molar-refractivity contribution in [3.05, 3.63) is 53.9 Å². The molecule has 35 heavy (non-hydrogen) atoms. The summed E-state index contributed by atoms with van der Waals surface area (Å²) in [6.45, 7) is 0.726. The quantitative estimate of drug-likeness (QED) is 0.242. The van der Waals surface area contributed by atoms with Crippen LogP contribution in [0.25, 0.3) is 0 Å². The van der Waals surface area contributed by atoms with E-state index in [4.69, 9.17) is 9.47 Å². The third kappa shape index (κ3) is 6.47. The number of rotatable bonds is 9. The minimum atomic E-state index is -5.23. The van der Waals surface area contributed by atoms with Crippen molar-refractivity contribution in [2.45, 2.75) is 36.0 Å². The number of alkyl halides is 3. The molecule has 1 aliphatic heterocycles. The van der Waals surface area contributed by atoms with Crippen LogP contribution in [-0.4, -0.2) is 56.5 Å². The Hall–Kier alpha value is -3.68. The first-order valence-corrected chi connectivity index (χ1v) is 11.3. The summed E-state index contributed by atoms with van der Waals surface area (Å²) in [5.41, 5.74) is 1.71. The van der Waals surface area contributed by atoms with Crippen molar-refractivity contribution in [3.8, 4) is 11.5 Å². The standard InChI is InChI=1S/C21H18F3N5O5S/c22-21(23,24)19(31)34-18(30)9-14-11-33-17-10-15(1-2-16(14)17)32-8-7-29-20(26-27-28-29)35-12-13-3-5-25-6-4-13/h1-6,10,14H,7-9,11-12H2. The molecule has 184 valence electrons. The Morgan fingerprint density at radius 2 is 2.00 bits per heavy atom. The number of esters is 2. The summed E-state index contributed by atoms with van der Waals surface area (Å²) in [7, 11) is 0. The summed E-state index contributed by atoms with van der Waals surface area (Å²) in [5, 5.41) is 12.3. The van der Waals surface area contributed by atoms with E-state index in [1.165, 1.54) is 11.8 Å². The molecule has 0 N–H and O–H groups in total. The van der Waals surface area contributed by atoms with E-state index in [0.717, 1.165) is 5.56 Å². The lowest BCUT2D eigenvalue weighted by Crippen LogP contribution is -2.28. The summed E-state index contributed by atoms with van der Waals surface area (Å²) >= 11 is 1.48. The van der Waals surface area contributed by atoms with E-state index in [0.29, 0.717) is 34.5 Å². The van der Waals surface area contributed by atoms with Gasteiger partial charge < -0.3 is 14.2 Å². The molecule has 0 fully saturated rings. The van der Waals surface area contributed by atoms with Crippen LogP contribution in [-0.2, 0) is 26.6 Å². The zero-order chi connectivity index (χ0) is 24.8. The van der Waals surface area contributed by atoms with E-state index >= 15 is 0 Å². The second-order valence-electron chi connectivity index (χ2n) is 7.35. The second kappa shape index (κ2) is 10.7. The topological polar surface area (TPSA) is 118 Å². The number of nitrogens with zero attached hydrogens (tertiary/aromatic N) is 5. The highest BCUT2D eigenvalue weighted by Gasteiger charge is 2.43. The van der Waals surface area contributed by atoms with Gasteiger partial charge in [-0.25, -0.2) is 9.48 Å². The van der Waals surface area contributed by atoms with Gasteiger partial charge in [0.05, 0.1) is 19.6 Å². The van der Waals surface area contributed by atoms with Crippen LogP contribution in [0.15, 0.2) is 47.9 Å². The maximum atomic E-state index is 12.2. The third-order valence-corrected chi connectivity index (χ3v) is 5.93. The number of pyridine rings is 1. The summed E-state index contributed by atoms with van der Waals surface area (Å²) in [5.74, 6) is -2.71. The lowest BCUT2D eigenvalue weighted by atomic mass is 9.98. The highest BCUT2D eigenvalue weighted by atomic mass is 32.2. The highest BCUT2D eigenvalue weighted by Crippen LogP contribution is 2.38. The Balaban J connectivity index is 1.27. The van der Waals surface area contributed by atoms with Crippen LogP contribution in [0.4, 0.5) is 13.2 Å². The van der Waals surface area contributed by atoms with Crippen LogP contribution >= 0.6 is 11.8 Å². The smallest absolute Gasteiger partial charge is 0.491 e. The lowest BCUT2D eigenvalue weighted by Gasteiger charge is -2.10. The maximum Gasteiger partial charge on any atom is 0.491 e. The van der Waals surface area contributed by atoms with Gasteiger partial charge in [0.15, 0.2) is 0 Å². The highest BCUT2D eigenvalue weighted by molar-refractivity contribution is 7.98. The van der Waals surface area contributed by atoms with Crippen molar-refractivity contribution >= 4 is 23.7 Å². The van der Waals surface area contributed by atoms with Crippen molar-refractivity contribution in [3.63, 3.8) is 0 Å². The van der Waals surface area contributed by atoms with Gasteiger partial charge in [-0.05, 0) is 34.2 Å². The molecule has 0 amide bonds. The van der Waals surface area contributed by atoms with Gasteiger partial charge in [-0.3, -0.25) is 9.78 Å². The molecule has 3 heterocycles. The van der Waals surface area contributed by atoms with Crippen LogP contribution < -0.4 is 9.47 Å². The van der Waals surface area contributed by atoms with Crippen molar-refractivity contribution in [1.29, 1.82) is 0 Å². The van der Waals surface area contributed by atoms with Crippen LogP contribution in [0.1, 0.15) is 23.5 Å². The Morgan fingerprint density at radius 3 is 2.77 bits per heavy atom. The largest absolute Gasteiger partial charge is 0.492 e. The van der Waals surface area contributed by atoms with Gasteiger partial charge in [0, 0.05) is 35.7 Å². The minimum Gasteiger partial charge on any atom is -0.492 e. The lowest BCUT2D eigenvalue weighted by molar-refractivity contribution is -0.202. The molecule has 3 aromatic rings. The number of fused-ring (bicyclic) bond motifs is 1. The van der Waals surface area contributed by atoms with Gasteiger partial charge >= 0.3 is 18.1 Å². The third-order valence-electron chi connectivity index (χ3n) is 4.90. The zero-order valence-corrected chi connectivity index (χ0v) is 18.8. The first-order chi connectivity index (χ1) is 16.8. The fourth-order valence-electron chi connectivity index (χ4n) is 3.24. The second-order valence-corrected chi connectivity index (χ2v) is 8.29. The molecule has 0 saturated heterocycles. The molecule has 10 nitrogen and oxygen atoms in total. The predicted octanol–water partition coefficient (Wildman–Crippen LogP) is 2.94. The number of carbonyl (C=O) groups excluding carboxylic acids is 2. The fraction of sp³-hybridized carbons (Fsp3) is 0.333. The summed E-state index contributed by atoms with van der Waals surface area (Å²) in [4.78, 5) is 26.5. The number of tetrazole rings is 1. The average Bonchev–Trinajstić information content (AvgIpc) is 3.44. The van der Waals surface area contributed by atoms with E-state index in [2.05, 4.69) is 25.2 Å². The van der Waals surface area contributed by atoms with Crippen molar-refractivity contribution in [2.24, 2.45) is 0 Å². The number of aromatic nitrogens is 5. The Bertz CT molecular complexity index is 1190. The first-order valence-electron chi connectivity index (χ1n) is 10.3. The normalized spacial score (nSPS) is 14.8. The minimum absolute atomic E-state index is 0.0663. The molecule has 0 radical (unpaired) electrons. The van der Waals surface area contributed by atoms with Crippen LogP contribution in [0.3, 0.4) is 0 Å². The van der Waals surface area contributed by atoms with E-state index in [1.54, 1.807) is 35.3 Å². The van der Waals surface area contributed by atoms with Gasteiger partial charge in [-0.2, -0.15) is 13.2 Å².